The molecule has 0 unspecified atom stereocenters. The van der Waals surface area contributed by atoms with E-state index in [9.17, 15) is 4.79 Å². The highest BCUT2D eigenvalue weighted by Crippen LogP contribution is 2.41. The van der Waals surface area contributed by atoms with E-state index in [1.165, 1.54) is 11.4 Å². The molecule has 1 saturated heterocycles. The van der Waals surface area contributed by atoms with Crippen molar-refractivity contribution in [3.05, 3.63) is 41.0 Å². The number of imidazole rings is 1. The minimum Gasteiger partial charge on any atom is -0.365 e. The SMILES string of the molecule is C.CC1(CN)CCN(c2c3c(c(C(N)=O)c4nc5ccccc5n24)CCSC3)CC1. The van der Waals surface area contributed by atoms with Gasteiger partial charge in [-0.1, -0.05) is 26.5 Å². The Kier molecular flexibility index (Phi) is 5.45. The van der Waals surface area contributed by atoms with E-state index < -0.39 is 0 Å². The molecule has 5 rings (SSSR count). The number of thioether (sulfide) groups is 1. The zero-order valence-corrected chi connectivity index (χ0v) is 17.6. The van der Waals surface area contributed by atoms with E-state index in [1.807, 2.05) is 30.0 Å². The Morgan fingerprint density at radius 1 is 1.23 bits per heavy atom. The first-order chi connectivity index (χ1) is 14.0. The van der Waals surface area contributed by atoms with Crippen LogP contribution in [0.4, 0.5) is 5.82 Å². The van der Waals surface area contributed by atoms with E-state index in [-0.39, 0.29) is 18.7 Å². The molecule has 1 aromatic carbocycles. The number of fused-ring (bicyclic) bond motifs is 4. The van der Waals surface area contributed by atoms with Crippen molar-refractivity contribution in [3.63, 3.8) is 0 Å². The Morgan fingerprint density at radius 2 is 1.97 bits per heavy atom. The van der Waals surface area contributed by atoms with Gasteiger partial charge in [-0.05, 0) is 54.7 Å². The number of para-hydroxylation sites is 2. The number of pyridine rings is 1. The minimum atomic E-state index is -0.380. The van der Waals surface area contributed by atoms with Gasteiger partial charge in [0, 0.05) is 24.4 Å². The second kappa shape index (κ2) is 7.78. The summed E-state index contributed by atoms with van der Waals surface area (Å²) in [6, 6.07) is 8.11. The highest BCUT2D eigenvalue weighted by Gasteiger charge is 2.34. The Morgan fingerprint density at radius 3 is 2.67 bits per heavy atom. The van der Waals surface area contributed by atoms with Crippen molar-refractivity contribution >= 4 is 40.2 Å². The first-order valence-corrected chi connectivity index (χ1v) is 11.5. The molecule has 2 aliphatic heterocycles. The quantitative estimate of drug-likeness (QED) is 0.669. The van der Waals surface area contributed by atoms with Crippen LogP contribution in [-0.4, -0.2) is 40.7 Å². The van der Waals surface area contributed by atoms with Crippen molar-refractivity contribution in [2.75, 3.05) is 30.3 Å². The van der Waals surface area contributed by atoms with Gasteiger partial charge < -0.3 is 16.4 Å². The first-order valence-electron chi connectivity index (χ1n) is 10.3. The minimum absolute atomic E-state index is 0. The lowest BCUT2D eigenvalue weighted by atomic mass is 9.80. The van der Waals surface area contributed by atoms with E-state index in [0.29, 0.717) is 11.2 Å². The van der Waals surface area contributed by atoms with Gasteiger partial charge in [0.05, 0.1) is 16.6 Å². The van der Waals surface area contributed by atoms with Crippen LogP contribution >= 0.6 is 11.8 Å². The van der Waals surface area contributed by atoms with Crippen LogP contribution in [0, 0.1) is 5.41 Å². The van der Waals surface area contributed by atoms with Gasteiger partial charge in [0.2, 0.25) is 0 Å². The highest BCUT2D eigenvalue weighted by molar-refractivity contribution is 7.98. The van der Waals surface area contributed by atoms with Crippen molar-refractivity contribution < 1.29 is 4.79 Å². The van der Waals surface area contributed by atoms with Gasteiger partial charge in [0.15, 0.2) is 5.65 Å². The number of benzene rings is 1. The summed E-state index contributed by atoms with van der Waals surface area (Å²) in [5.74, 6) is 2.72. The molecule has 3 aromatic rings. The van der Waals surface area contributed by atoms with Crippen LogP contribution in [-0.2, 0) is 12.2 Å². The molecule has 30 heavy (non-hydrogen) atoms. The van der Waals surface area contributed by atoms with Crippen LogP contribution in [0.5, 0.6) is 0 Å². The number of hydrogen-bond donors (Lipinski definition) is 2. The molecule has 2 aromatic heterocycles. The Balaban J connectivity index is 0.00000218. The van der Waals surface area contributed by atoms with Crippen LogP contribution in [0.3, 0.4) is 0 Å². The normalized spacial score (nSPS) is 18.3. The smallest absolute Gasteiger partial charge is 0.252 e. The van der Waals surface area contributed by atoms with Crippen molar-refractivity contribution in [2.24, 2.45) is 16.9 Å². The van der Waals surface area contributed by atoms with Crippen LogP contribution in [0.25, 0.3) is 16.7 Å². The maximum Gasteiger partial charge on any atom is 0.252 e. The number of rotatable bonds is 3. The summed E-state index contributed by atoms with van der Waals surface area (Å²) in [5, 5.41) is 0. The van der Waals surface area contributed by atoms with Crippen molar-refractivity contribution in [3.8, 4) is 0 Å². The van der Waals surface area contributed by atoms with Gasteiger partial charge >= 0.3 is 0 Å². The van der Waals surface area contributed by atoms with E-state index in [2.05, 4.69) is 22.3 Å². The average molecular weight is 426 g/mol. The molecule has 0 spiro atoms. The highest BCUT2D eigenvalue weighted by atomic mass is 32.2. The predicted octanol–water partition coefficient (Wildman–Crippen LogP) is 3.58. The Hall–Kier alpha value is -2.25. The topological polar surface area (TPSA) is 89.6 Å². The summed E-state index contributed by atoms with van der Waals surface area (Å²) in [7, 11) is 0. The van der Waals surface area contributed by atoms with Gasteiger partial charge in [0.25, 0.3) is 5.91 Å². The molecule has 2 aliphatic rings. The van der Waals surface area contributed by atoms with E-state index >= 15 is 0 Å². The molecule has 4 heterocycles. The molecule has 160 valence electrons. The summed E-state index contributed by atoms with van der Waals surface area (Å²) < 4.78 is 2.19. The number of anilines is 1. The fraction of sp³-hybridized carbons (Fsp3) is 0.478. The molecule has 7 heteroatoms. The molecular weight excluding hydrogens is 394 g/mol. The summed E-state index contributed by atoms with van der Waals surface area (Å²) >= 11 is 1.92. The lowest BCUT2D eigenvalue weighted by molar-refractivity contribution is 0.100. The average Bonchev–Trinajstić information content (AvgIpc) is 3.11. The lowest BCUT2D eigenvalue weighted by Crippen LogP contribution is -2.43. The third kappa shape index (κ3) is 3.15. The van der Waals surface area contributed by atoms with Gasteiger partial charge in [0.1, 0.15) is 5.82 Å². The molecule has 1 fully saturated rings. The zero-order chi connectivity index (χ0) is 20.2. The monoisotopic (exact) mass is 425 g/mol. The third-order valence-electron chi connectivity index (χ3n) is 6.68. The number of hydrogen-bond acceptors (Lipinski definition) is 5. The summed E-state index contributed by atoms with van der Waals surface area (Å²) in [6.07, 6.45) is 2.99. The van der Waals surface area contributed by atoms with Gasteiger partial charge in [-0.2, -0.15) is 11.8 Å². The van der Waals surface area contributed by atoms with Crippen molar-refractivity contribution in [2.45, 2.75) is 39.4 Å². The maximum absolute atomic E-state index is 12.5. The molecule has 0 radical (unpaired) electrons. The second-order valence-electron chi connectivity index (χ2n) is 8.58. The molecule has 4 N–H and O–H groups in total. The molecule has 6 nitrogen and oxygen atoms in total. The molecule has 1 amide bonds. The number of carbonyl (C=O) groups is 1. The molecule has 0 aliphatic carbocycles. The number of amides is 1. The number of nitrogens with two attached hydrogens (primary N) is 2. The van der Waals surface area contributed by atoms with Crippen LogP contribution in [0.2, 0.25) is 0 Å². The van der Waals surface area contributed by atoms with Gasteiger partial charge in [-0.25, -0.2) is 4.98 Å². The molecule has 0 atom stereocenters. The number of piperidine rings is 1. The van der Waals surface area contributed by atoms with Crippen LogP contribution in [0.15, 0.2) is 24.3 Å². The molecular formula is C23H31N5OS. The van der Waals surface area contributed by atoms with Crippen molar-refractivity contribution in [1.82, 2.24) is 9.38 Å². The predicted molar refractivity (Wildman–Crippen MR) is 126 cm³/mol. The standard InChI is InChI=1S/C22H27N5OS.CH4/c1-22(13-23)7-9-26(10-8-22)21-15-12-29-11-6-14(15)18(19(24)28)20-25-16-4-2-3-5-17(16)27(20)21;/h2-5H,6-13,23H2,1H3,(H2,24,28);1H4. The van der Waals surface area contributed by atoms with Gasteiger partial charge in [-0.3, -0.25) is 9.20 Å². The number of carbonyl (C=O) groups excluding carboxylic acids is 1. The van der Waals surface area contributed by atoms with Gasteiger partial charge in [-0.15, -0.1) is 0 Å². The fourth-order valence-corrected chi connectivity index (χ4v) is 5.79. The second-order valence-corrected chi connectivity index (χ2v) is 9.69. The number of primary amides is 1. The summed E-state index contributed by atoms with van der Waals surface area (Å²) in [5.41, 5.74) is 17.7. The van der Waals surface area contributed by atoms with E-state index in [0.717, 1.165) is 67.0 Å². The number of nitrogens with zero attached hydrogens (tertiary/aromatic N) is 3. The summed E-state index contributed by atoms with van der Waals surface area (Å²) in [6.45, 7) is 4.93. The molecule has 0 bridgehead atoms. The van der Waals surface area contributed by atoms with E-state index in [4.69, 9.17) is 16.5 Å². The number of aromatic nitrogens is 2. The zero-order valence-electron chi connectivity index (χ0n) is 16.8. The fourth-order valence-electron chi connectivity index (χ4n) is 4.79. The van der Waals surface area contributed by atoms with Crippen LogP contribution in [0.1, 0.15) is 48.7 Å². The lowest BCUT2D eigenvalue weighted by Gasteiger charge is -2.41. The maximum atomic E-state index is 12.5. The van der Waals surface area contributed by atoms with Crippen LogP contribution < -0.4 is 16.4 Å². The summed E-state index contributed by atoms with van der Waals surface area (Å²) in [4.78, 5) is 19.8. The Labute approximate surface area is 182 Å². The van der Waals surface area contributed by atoms with Crippen molar-refractivity contribution in [1.29, 1.82) is 0 Å². The molecule has 0 saturated carbocycles. The largest absolute Gasteiger partial charge is 0.365 e. The third-order valence-corrected chi connectivity index (χ3v) is 7.67. The van der Waals surface area contributed by atoms with E-state index in [1.54, 1.807) is 0 Å². The Bertz CT molecular complexity index is 1110. The first kappa shape index (κ1) is 21.0.